The highest BCUT2D eigenvalue weighted by molar-refractivity contribution is 7.13. The third kappa shape index (κ3) is 5.23. The summed E-state index contributed by atoms with van der Waals surface area (Å²) in [5, 5.41) is 24.3. The van der Waals surface area contributed by atoms with Gasteiger partial charge in [0.15, 0.2) is 5.54 Å². The largest absolute Gasteiger partial charge is 0.477 e. The minimum atomic E-state index is -1.37. The first-order chi connectivity index (χ1) is 13.9. The lowest BCUT2D eigenvalue weighted by molar-refractivity contribution is -0.156. The Bertz CT molecular complexity index is 815. The zero-order chi connectivity index (χ0) is 20.9. The SMILES string of the molecule is CN1CCC(COC(=O)C(CO)(NCc2ccc(C(=O)O)s2)c2cccs2)CC1. The zero-order valence-corrected chi connectivity index (χ0v) is 17.9. The van der Waals surface area contributed by atoms with E-state index in [0.29, 0.717) is 17.4 Å². The highest BCUT2D eigenvalue weighted by atomic mass is 32.1. The van der Waals surface area contributed by atoms with Crippen LogP contribution in [0.3, 0.4) is 0 Å². The van der Waals surface area contributed by atoms with Gasteiger partial charge in [0.1, 0.15) is 4.88 Å². The van der Waals surface area contributed by atoms with Gasteiger partial charge in [0.2, 0.25) is 0 Å². The molecule has 1 saturated heterocycles. The van der Waals surface area contributed by atoms with E-state index in [1.54, 1.807) is 12.1 Å². The Morgan fingerprint density at radius 2 is 2.07 bits per heavy atom. The lowest BCUT2D eigenvalue weighted by Crippen LogP contribution is -2.52. The molecule has 1 aliphatic rings. The molecule has 0 spiro atoms. The molecule has 3 heterocycles. The molecule has 3 rings (SSSR count). The van der Waals surface area contributed by atoms with E-state index in [2.05, 4.69) is 17.3 Å². The standard InChI is InChI=1S/C20H26N2O5S2/c1-22-8-6-14(7-9-22)12-27-19(26)20(13-23,17-3-2-10-28-17)21-11-15-4-5-16(29-15)18(24)25/h2-5,10,14,21,23H,6-9,11-13H2,1H3,(H,24,25). The smallest absolute Gasteiger partial charge is 0.345 e. The number of aliphatic hydroxyl groups is 1. The van der Waals surface area contributed by atoms with Gasteiger partial charge < -0.3 is 19.8 Å². The first kappa shape index (κ1) is 21.9. The molecule has 9 heteroatoms. The van der Waals surface area contributed by atoms with Crippen LogP contribution in [0.2, 0.25) is 0 Å². The van der Waals surface area contributed by atoms with Crippen molar-refractivity contribution in [1.29, 1.82) is 0 Å². The van der Waals surface area contributed by atoms with Crippen LogP contribution in [0.1, 0.15) is 32.3 Å². The number of hydrogen-bond donors (Lipinski definition) is 3. The van der Waals surface area contributed by atoms with E-state index in [-0.39, 0.29) is 11.4 Å². The fourth-order valence-corrected chi connectivity index (χ4v) is 5.02. The number of carbonyl (C=O) groups is 2. The molecule has 7 nitrogen and oxygen atoms in total. The average Bonchev–Trinajstić information content (AvgIpc) is 3.41. The van der Waals surface area contributed by atoms with Gasteiger partial charge in [0.25, 0.3) is 0 Å². The van der Waals surface area contributed by atoms with E-state index in [9.17, 15) is 14.7 Å². The van der Waals surface area contributed by atoms with E-state index in [1.165, 1.54) is 17.4 Å². The van der Waals surface area contributed by atoms with Crippen LogP contribution < -0.4 is 5.32 Å². The number of nitrogens with zero attached hydrogens (tertiary/aromatic N) is 1. The summed E-state index contributed by atoms with van der Waals surface area (Å²) < 4.78 is 5.66. The van der Waals surface area contributed by atoms with Gasteiger partial charge in [-0.15, -0.1) is 22.7 Å². The second kappa shape index (κ2) is 9.82. The maximum absolute atomic E-state index is 13.1. The first-order valence-electron chi connectivity index (χ1n) is 9.52. The van der Waals surface area contributed by atoms with E-state index >= 15 is 0 Å². The number of piperidine rings is 1. The van der Waals surface area contributed by atoms with Gasteiger partial charge in [-0.2, -0.15) is 0 Å². The van der Waals surface area contributed by atoms with E-state index in [4.69, 9.17) is 9.84 Å². The molecule has 0 aliphatic carbocycles. The Labute approximate surface area is 177 Å². The predicted octanol–water partition coefficient (Wildman–Crippen LogP) is 2.37. The Morgan fingerprint density at radius 1 is 1.31 bits per heavy atom. The Balaban J connectivity index is 1.70. The minimum Gasteiger partial charge on any atom is -0.477 e. The molecule has 3 N–H and O–H groups in total. The van der Waals surface area contributed by atoms with Gasteiger partial charge in [-0.1, -0.05) is 6.07 Å². The van der Waals surface area contributed by atoms with Gasteiger partial charge in [-0.3, -0.25) is 5.32 Å². The quantitative estimate of drug-likeness (QED) is 0.517. The molecular weight excluding hydrogens is 412 g/mol. The minimum absolute atomic E-state index is 0.234. The van der Waals surface area contributed by atoms with E-state index in [1.807, 2.05) is 11.4 Å². The molecule has 0 saturated carbocycles. The van der Waals surface area contributed by atoms with E-state index in [0.717, 1.165) is 42.1 Å². The third-order valence-corrected chi connectivity index (χ3v) is 7.36. The molecule has 1 aliphatic heterocycles. The molecule has 1 atom stereocenters. The summed E-state index contributed by atoms with van der Waals surface area (Å²) in [6.45, 7) is 2.11. The number of aliphatic hydroxyl groups excluding tert-OH is 1. The predicted molar refractivity (Wildman–Crippen MR) is 112 cm³/mol. The number of rotatable bonds is 9. The van der Waals surface area contributed by atoms with Crippen molar-refractivity contribution in [3.63, 3.8) is 0 Å². The van der Waals surface area contributed by atoms with Crippen LogP contribution in [0.5, 0.6) is 0 Å². The fraction of sp³-hybridized carbons (Fsp3) is 0.500. The second-order valence-corrected chi connectivity index (χ2v) is 9.43. The highest BCUT2D eigenvalue weighted by Crippen LogP contribution is 2.29. The van der Waals surface area contributed by atoms with Crippen molar-refractivity contribution in [3.05, 3.63) is 44.3 Å². The van der Waals surface area contributed by atoms with Crippen LogP contribution in [0.25, 0.3) is 0 Å². The summed E-state index contributed by atoms with van der Waals surface area (Å²) in [7, 11) is 2.08. The second-order valence-electron chi connectivity index (χ2n) is 7.31. The number of aromatic carboxylic acids is 1. The number of carboxylic acids is 1. The molecule has 0 radical (unpaired) electrons. The number of nitrogens with one attached hydrogen (secondary N) is 1. The van der Waals surface area contributed by atoms with Crippen molar-refractivity contribution in [2.75, 3.05) is 33.4 Å². The Kier molecular flexibility index (Phi) is 7.42. The summed E-state index contributed by atoms with van der Waals surface area (Å²) >= 11 is 2.51. The number of ether oxygens (including phenoxy) is 1. The molecule has 1 fully saturated rings. The van der Waals surface area contributed by atoms with Gasteiger partial charge in [0, 0.05) is 16.3 Å². The van der Waals surface area contributed by atoms with Gasteiger partial charge in [0.05, 0.1) is 13.2 Å². The van der Waals surface area contributed by atoms with Crippen molar-refractivity contribution < 1.29 is 24.5 Å². The third-order valence-electron chi connectivity index (χ3n) is 5.25. The first-order valence-corrected chi connectivity index (χ1v) is 11.2. The lowest BCUT2D eigenvalue weighted by Gasteiger charge is -2.32. The number of likely N-dealkylation sites (tertiary alicyclic amines) is 1. The van der Waals surface area contributed by atoms with Crippen LogP contribution in [-0.2, 0) is 21.6 Å². The lowest BCUT2D eigenvalue weighted by atomic mass is 9.96. The van der Waals surface area contributed by atoms with Crippen molar-refractivity contribution in [3.8, 4) is 0 Å². The molecule has 0 aromatic carbocycles. The van der Waals surface area contributed by atoms with Gasteiger partial charge in [-0.25, -0.2) is 9.59 Å². The molecule has 158 valence electrons. The van der Waals surface area contributed by atoms with Gasteiger partial charge >= 0.3 is 11.9 Å². The summed E-state index contributed by atoms with van der Waals surface area (Å²) in [4.78, 5) is 28.1. The normalized spacial score (nSPS) is 17.7. The number of thiophene rings is 2. The number of esters is 1. The molecule has 1 unspecified atom stereocenters. The topological polar surface area (TPSA) is 99.1 Å². The van der Waals surface area contributed by atoms with Crippen LogP contribution in [0.15, 0.2) is 29.6 Å². The van der Waals surface area contributed by atoms with Crippen LogP contribution in [0, 0.1) is 5.92 Å². The summed E-state index contributed by atoms with van der Waals surface area (Å²) in [6, 6.07) is 6.86. The Hall–Kier alpha value is -1.78. The summed E-state index contributed by atoms with van der Waals surface area (Å²) in [6.07, 6.45) is 1.96. The maximum atomic E-state index is 13.1. The number of carboxylic acid groups (broad SMARTS) is 1. The molecule has 2 aromatic heterocycles. The van der Waals surface area contributed by atoms with E-state index < -0.39 is 24.1 Å². The Morgan fingerprint density at radius 3 is 2.66 bits per heavy atom. The molecule has 2 aromatic rings. The molecule has 0 bridgehead atoms. The van der Waals surface area contributed by atoms with Crippen LogP contribution in [-0.4, -0.2) is 60.4 Å². The van der Waals surface area contributed by atoms with Crippen molar-refractivity contribution in [1.82, 2.24) is 10.2 Å². The average molecular weight is 439 g/mol. The van der Waals surface area contributed by atoms with Crippen molar-refractivity contribution in [2.45, 2.75) is 24.9 Å². The summed E-state index contributed by atoms with van der Waals surface area (Å²) in [5.74, 6) is -1.16. The number of carbonyl (C=O) groups excluding carboxylic acids is 1. The molecule has 0 amide bonds. The van der Waals surface area contributed by atoms with Crippen molar-refractivity contribution >= 4 is 34.6 Å². The monoisotopic (exact) mass is 438 g/mol. The van der Waals surface area contributed by atoms with Crippen LogP contribution in [0.4, 0.5) is 0 Å². The highest BCUT2D eigenvalue weighted by Gasteiger charge is 2.42. The van der Waals surface area contributed by atoms with Gasteiger partial charge in [-0.05, 0) is 62.5 Å². The maximum Gasteiger partial charge on any atom is 0.345 e. The molecule has 29 heavy (non-hydrogen) atoms. The molecular formula is C20H26N2O5S2. The fourth-order valence-electron chi connectivity index (χ4n) is 3.35. The summed E-state index contributed by atoms with van der Waals surface area (Å²) in [5.41, 5.74) is -1.37. The number of hydrogen-bond acceptors (Lipinski definition) is 8. The van der Waals surface area contributed by atoms with Crippen LogP contribution >= 0.6 is 22.7 Å². The van der Waals surface area contributed by atoms with Crippen molar-refractivity contribution in [2.24, 2.45) is 5.92 Å². The zero-order valence-electron chi connectivity index (χ0n) is 16.3.